The number of unbranched alkanes of at least 4 members (excludes halogenated alkanes) is 1. The van der Waals surface area contributed by atoms with Gasteiger partial charge in [0.25, 0.3) is 5.69 Å². The minimum atomic E-state index is -0.409. The molecule has 1 aromatic carbocycles. The zero-order valence-electron chi connectivity index (χ0n) is 10.3. The normalized spacial score (nSPS) is 10.6. The lowest BCUT2D eigenvalue weighted by atomic mass is 10.1. The Morgan fingerprint density at radius 1 is 1.44 bits per heavy atom. The molecule has 0 heterocycles. The van der Waals surface area contributed by atoms with E-state index >= 15 is 0 Å². The molecule has 0 atom stereocenters. The van der Waals surface area contributed by atoms with Gasteiger partial charge in [-0.05, 0) is 25.5 Å². The summed E-state index contributed by atoms with van der Waals surface area (Å²) in [7, 11) is 1.67. The van der Waals surface area contributed by atoms with E-state index in [1.807, 2.05) is 0 Å². The summed E-state index contributed by atoms with van der Waals surface area (Å²) in [6.45, 7) is 1.92. The van der Waals surface area contributed by atoms with Crippen molar-refractivity contribution in [3.63, 3.8) is 0 Å². The van der Waals surface area contributed by atoms with Crippen LogP contribution < -0.4 is 5.32 Å². The number of hydrogen-bond acceptors (Lipinski definition) is 4. The van der Waals surface area contributed by atoms with Crippen molar-refractivity contribution in [2.45, 2.75) is 19.4 Å². The number of benzene rings is 1. The number of ether oxygens (including phenoxy) is 1. The van der Waals surface area contributed by atoms with Crippen LogP contribution in [0.25, 0.3) is 0 Å². The monoisotopic (exact) mass is 272 g/mol. The molecule has 0 aliphatic heterocycles. The van der Waals surface area contributed by atoms with Gasteiger partial charge in [0.05, 0.1) is 15.5 Å². The van der Waals surface area contributed by atoms with Crippen molar-refractivity contribution in [2.24, 2.45) is 0 Å². The second kappa shape index (κ2) is 8.02. The summed E-state index contributed by atoms with van der Waals surface area (Å²) in [6, 6.07) is 4.72. The van der Waals surface area contributed by atoms with E-state index in [-0.39, 0.29) is 5.69 Å². The lowest BCUT2D eigenvalue weighted by Gasteiger charge is -2.07. The summed E-state index contributed by atoms with van der Waals surface area (Å²) in [5, 5.41) is 14.4. The number of nitrogens with one attached hydrogen (secondary N) is 1. The second-order valence-electron chi connectivity index (χ2n) is 3.87. The maximum absolute atomic E-state index is 10.9. The van der Waals surface area contributed by atoms with Crippen molar-refractivity contribution in [1.82, 2.24) is 5.32 Å². The van der Waals surface area contributed by atoms with Crippen LogP contribution in [0.15, 0.2) is 18.2 Å². The largest absolute Gasteiger partial charge is 0.385 e. The topological polar surface area (TPSA) is 64.4 Å². The average molecular weight is 273 g/mol. The molecule has 0 spiro atoms. The van der Waals surface area contributed by atoms with E-state index in [2.05, 4.69) is 5.32 Å². The van der Waals surface area contributed by atoms with Gasteiger partial charge in [-0.2, -0.15) is 0 Å². The molecule has 100 valence electrons. The van der Waals surface area contributed by atoms with E-state index in [1.165, 1.54) is 6.07 Å². The minimum Gasteiger partial charge on any atom is -0.385 e. The lowest BCUT2D eigenvalue weighted by Crippen LogP contribution is -2.16. The summed E-state index contributed by atoms with van der Waals surface area (Å²) >= 11 is 5.97. The highest BCUT2D eigenvalue weighted by Gasteiger charge is 2.15. The van der Waals surface area contributed by atoms with Crippen LogP contribution in [0.1, 0.15) is 18.4 Å². The first-order valence-electron chi connectivity index (χ1n) is 5.78. The highest BCUT2D eigenvalue weighted by Crippen LogP contribution is 2.25. The smallest absolute Gasteiger partial charge is 0.275 e. The zero-order valence-corrected chi connectivity index (χ0v) is 11.1. The van der Waals surface area contributed by atoms with E-state index in [9.17, 15) is 10.1 Å². The second-order valence-corrected chi connectivity index (χ2v) is 4.28. The number of halogens is 1. The molecule has 6 heteroatoms. The molecule has 18 heavy (non-hydrogen) atoms. The summed E-state index contributed by atoms with van der Waals surface area (Å²) in [5.41, 5.74) is 0.600. The fourth-order valence-corrected chi connectivity index (χ4v) is 1.84. The lowest BCUT2D eigenvalue weighted by molar-refractivity contribution is -0.385. The van der Waals surface area contributed by atoms with Crippen LogP contribution in [0, 0.1) is 10.1 Å². The Balaban J connectivity index is 2.48. The Morgan fingerprint density at radius 2 is 2.22 bits per heavy atom. The summed E-state index contributed by atoms with van der Waals surface area (Å²) < 4.78 is 4.94. The van der Waals surface area contributed by atoms with Crippen LogP contribution in [-0.2, 0) is 11.3 Å². The molecule has 0 aliphatic rings. The summed E-state index contributed by atoms with van der Waals surface area (Å²) in [5.74, 6) is 0. The fraction of sp³-hybridized carbons (Fsp3) is 0.500. The van der Waals surface area contributed by atoms with E-state index in [0.717, 1.165) is 26.0 Å². The van der Waals surface area contributed by atoms with Gasteiger partial charge in [-0.3, -0.25) is 10.1 Å². The number of methoxy groups -OCH3 is 1. The van der Waals surface area contributed by atoms with Gasteiger partial charge < -0.3 is 10.1 Å². The van der Waals surface area contributed by atoms with E-state index in [0.29, 0.717) is 17.1 Å². The maximum Gasteiger partial charge on any atom is 0.275 e. The van der Waals surface area contributed by atoms with Crippen molar-refractivity contribution in [3.05, 3.63) is 38.9 Å². The average Bonchev–Trinajstić information content (AvgIpc) is 2.34. The van der Waals surface area contributed by atoms with Crippen molar-refractivity contribution in [2.75, 3.05) is 20.3 Å². The van der Waals surface area contributed by atoms with Crippen molar-refractivity contribution in [3.8, 4) is 0 Å². The van der Waals surface area contributed by atoms with Gasteiger partial charge in [0.2, 0.25) is 0 Å². The van der Waals surface area contributed by atoms with Gasteiger partial charge in [-0.15, -0.1) is 0 Å². The van der Waals surface area contributed by atoms with Gasteiger partial charge in [-0.25, -0.2) is 0 Å². The third kappa shape index (κ3) is 4.60. The Morgan fingerprint density at radius 3 is 2.89 bits per heavy atom. The molecule has 0 saturated heterocycles. The van der Waals surface area contributed by atoms with Gasteiger partial charge in [-0.1, -0.05) is 17.7 Å². The van der Waals surface area contributed by atoms with Gasteiger partial charge in [0.1, 0.15) is 0 Å². The molecule has 0 bridgehead atoms. The van der Waals surface area contributed by atoms with Crippen LogP contribution in [0.4, 0.5) is 5.69 Å². The Hall–Kier alpha value is -1.17. The first-order valence-corrected chi connectivity index (χ1v) is 6.16. The Labute approximate surface area is 111 Å². The predicted octanol–water partition coefficient (Wildman–Crippen LogP) is 2.76. The SMILES string of the molecule is COCCCCNCc1c(Cl)cccc1[N+](=O)[O-]. The zero-order chi connectivity index (χ0) is 13.4. The number of rotatable bonds is 8. The van der Waals surface area contributed by atoms with Gasteiger partial charge in [0.15, 0.2) is 0 Å². The first kappa shape index (κ1) is 14.9. The first-order chi connectivity index (χ1) is 8.66. The van der Waals surface area contributed by atoms with Crippen molar-refractivity contribution in [1.29, 1.82) is 0 Å². The minimum absolute atomic E-state index is 0.0619. The highest BCUT2D eigenvalue weighted by molar-refractivity contribution is 6.31. The standard InChI is InChI=1S/C12H17ClN2O3/c1-18-8-3-2-7-14-9-10-11(13)5-4-6-12(10)15(16)17/h4-6,14H,2-3,7-9H2,1H3. The number of nitro groups is 1. The third-order valence-corrected chi connectivity index (χ3v) is 2.90. The fourth-order valence-electron chi connectivity index (χ4n) is 1.60. The molecule has 0 unspecified atom stereocenters. The molecular formula is C12H17ClN2O3. The quantitative estimate of drug-likeness (QED) is 0.449. The molecule has 0 saturated carbocycles. The van der Waals surface area contributed by atoms with Crippen LogP contribution in [0.3, 0.4) is 0 Å². The molecule has 0 aromatic heterocycles. The van der Waals surface area contributed by atoms with E-state index in [4.69, 9.17) is 16.3 Å². The molecule has 0 amide bonds. The van der Waals surface area contributed by atoms with Crippen LogP contribution >= 0.6 is 11.6 Å². The van der Waals surface area contributed by atoms with Gasteiger partial charge in [0, 0.05) is 26.3 Å². The maximum atomic E-state index is 10.9. The van der Waals surface area contributed by atoms with Gasteiger partial charge >= 0.3 is 0 Å². The van der Waals surface area contributed by atoms with E-state index < -0.39 is 4.92 Å². The number of nitrogens with zero attached hydrogens (tertiary/aromatic N) is 1. The van der Waals surface area contributed by atoms with Crippen LogP contribution in [-0.4, -0.2) is 25.2 Å². The molecule has 1 rings (SSSR count). The predicted molar refractivity (Wildman–Crippen MR) is 70.9 cm³/mol. The van der Waals surface area contributed by atoms with Crippen LogP contribution in [0.5, 0.6) is 0 Å². The summed E-state index contributed by atoms with van der Waals surface area (Å²) in [6.07, 6.45) is 1.93. The Kier molecular flexibility index (Phi) is 6.64. The highest BCUT2D eigenvalue weighted by atomic mass is 35.5. The molecule has 1 aromatic rings. The molecule has 1 N–H and O–H groups in total. The molecule has 0 aliphatic carbocycles. The van der Waals surface area contributed by atoms with E-state index in [1.54, 1.807) is 19.2 Å². The third-order valence-electron chi connectivity index (χ3n) is 2.54. The molecule has 5 nitrogen and oxygen atoms in total. The van der Waals surface area contributed by atoms with Crippen LogP contribution in [0.2, 0.25) is 5.02 Å². The molecule has 0 fully saturated rings. The Bertz CT molecular complexity index is 399. The number of nitro benzene ring substituents is 1. The molecular weight excluding hydrogens is 256 g/mol. The van der Waals surface area contributed by atoms with Crippen molar-refractivity contribution >= 4 is 17.3 Å². The number of hydrogen-bond donors (Lipinski definition) is 1. The molecule has 0 radical (unpaired) electrons. The van der Waals surface area contributed by atoms with Crippen molar-refractivity contribution < 1.29 is 9.66 Å². The summed E-state index contributed by atoms with van der Waals surface area (Å²) in [4.78, 5) is 10.4.